The maximum Gasteiger partial charge on any atom is 0.349 e. The molecule has 30 heavy (non-hydrogen) atoms. The number of hydrogen-bond acceptors (Lipinski definition) is 5. The smallest absolute Gasteiger partial charge is 0.349 e. The SMILES string of the molecule is CCC(=O)NCCNC(=O)c1ccc(NC(=O)c2cc3ccccc3oc2=O)cc1. The Labute approximate surface area is 172 Å². The van der Waals surface area contributed by atoms with E-state index in [1.165, 1.54) is 6.07 Å². The standard InChI is InChI=1S/C22H21N3O5/c1-2-19(26)23-11-12-24-20(27)14-7-9-16(10-8-14)25-21(28)17-13-15-5-3-4-6-18(15)30-22(17)29/h3-10,13H,2,11-12H2,1H3,(H,23,26)(H,24,27)(H,25,28). The average Bonchev–Trinajstić information content (AvgIpc) is 2.76. The van der Waals surface area contributed by atoms with Gasteiger partial charge >= 0.3 is 5.63 Å². The van der Waals surface area contributed by atoms with Gasteiger partial charge in [-0.1, -0.05) is 25.1 Å². The van der Waals surface area contributed by atoms with E-state index in [9.17, 15) is 19.2 Å². The summed E-state index contributed by atoms with van der Waals surface area (Å²) in [7, 11) is 0. The van der Waals surface area contributed by atoms with Crippen molar-refractivity contribution in [2.45, 2.75) is 13.3 Å². The molecule has 3 rings (SSSR count). The summed E-state index contributed by atoms with van der Waals surface area (Å²) in [5, 5.41) is 8.63. The van der Waals surface area contributed by atoms with Crippen LogP contribution >= 0.6 is 0 Å². The number of hydrogen-bond donors (Lipinski definition) is 3. The summed E-state index contributed by atoms with van der Waals surface area (Å²) in [6, 6.07) is 14.6. The lowest BCUT2D eigenvalue weighted by Crippen LogP contribution is -2.34. The minimum Gasteiger partial charge on any atom is -0.422 e. The van der Waals surface area contributed by atoms with Crippen LogP contribution in [-0.4, -0.2) is 30.8 Å². The number of rotatable bonds is 7. The summed E-state index contributed by atoms with van der Waals surface area (Å²) < 4.78 is 5.18. The monoisotopic (exact) mass is 407 g/mol. The van der Waals surface area contributed by atoms with Crippen LogP contribution < -0.4 is 21.6 Å². The van der Waals surface area contributed by atoms with Gasteiger partial charge in [0.1, 0.15) is 11.1 Å². The highest BCUT2D eigenvalue weighted by Gasteiger charge is 2.14. The molecule has 8 nitrogen and oxygen atoms in total. The van der Waals surface area contributed by atoms with Crippen molar-refractivity contribution in [3.63, 3.8) is 0 Å². The number of carbonyl (C=O) groups is 3. The van der Waals surface area contributed by atoms with Crippen molar-refractivity contribution < 1.29 is 18.8 Å². The zero-order valence-corrected chi connectivity index (χ0v) is 16.4. The molecule has 0 fully saturated rings. The number of nitrogens with one attached hydrogen (secondary N) is 3. The Morgan fingerprint density at radius 2 is 1.60 bits per heavy atom. The summed E-state index contributed by atoms with van der Waals surface area (Å²) in [5.41, 5.74) is 0.407. The fourth-order valence-corrected chi connectivity index (χ4v) is 2.73. The zero-order valence-electron chi connectivity index (χ0n) is 16.4. The fourth-order valence-electron chi connectivity index (χ4n) is 2.73. The van der Waals surface area contributed by atoms with E-state index in [1.54, 1.807) is 55.5 Å². The van der Waals surface area contributed by atoms with Crippen molar-refractivity contribution in [3.05, 3.63) is 76.1 Å². The first-order valence-electron chi connectivity index (χ1n) is 9.47. The Balaban J connectivity index is 1.61. The summed E-state index contributed by atoms with van der Waals surface area (Å²) >= 11 is 0. The molecule has 2 aromatic carbocycles. The zero-order chi connectivity index (χ0) is 21.5. The summed E-state index contributed by atoms with van der Waals surface area (Å²) in [4.78, 5) is 47.8. The van der Waals surface area contributed by atoms with E-state index in [4.69, 9.17) is 4.42 Å². The quantitative estimate of drug-likeness (QED) is 0.410. The minimum atomic E-state index is -0.725. The Bertz CT molecular complexity index is 1140. The number of anilines is 1. The van der Waals surface area contributed by atoms with Crippen LogP contribution in [-0.2, 0) is 4.79 Å². The minimum absolute atomic E-state index is 0.0789. The van der Waals surface area contributed by atoms with Gasteiger partial charge in [0.25, 0.3) is 11.8 Å². The second-order valence-corrected chi connectivity index (χ2v) is 6.48. The van der Waals surface area contributed by atoms with Crippen LogP contribution in [0.1, 0.15) is 34.1 Å². The summed E-state index contributed by atoms with van der Waals surface area (Å²) in [6.07, 6.45) is 0.391. The van der Waals surface area contributed by atoms with Gasteiger partial charge in [0.2, 0.25) is 5.91 Å². The van der Waals surface area contributed by atoms with Gasteiger partial charge in [-0.3, -0.25) is 14.4 Å². The molecule has 3 N–H and O–H groups in total. The predicted octanol–water partition coefficient (Wildman–Crippen LogP) is 2.30. The van der Waals surface area contributed by atoms with Crippen molar-refractivity contribution in [3.8, 4) is 0 Å². The lowest BCUT2D eigenvalue weighted by molar-refractivity contribution is -0.120. The third-order valence-corrected chi connectivity index (χ3v) is 4.34. The van der Waals surface area contributed by atoms with Crippen molar-refractivity contribution in [2.75, 3.05) is 18.4 Å². The molecule has 0 radical (unpaired) electrons. The molecule has 3 amide bonds. The van der Waals surface area contributed by atoms with Crippen LogP contribution in [0, 0.1) is 0 Å². The molecule has 0 aliphatic rings. The van der Waals surface area contributed by atoms with Gasteiger partial charge in [-0.05, 0) is 36.4 Å². The highest BCUT2D eigenvalue weighted by Crippen LogP contribution is 2.15. The lowest BCUT2D eigenvalue weighted by atomic mass is 10.1. The van der Waals surface area contributed by atoms with Gasteiger partial charge in [-0.2, -0.15) is 0 Å². The van der Waals surface area contributed by atoms with Crippen LogP contribution in [0.5, 0.6) is 0 Å². The van der Waals surface area contributed by atoms with Gasteiger partial charge in [0, 0.05) is 36.1 Å². The van der Waals surface area contributed by atoms with E-state index >= 15 is 0 Å². The van der Waals surface area contributed by atoms with Crippen molar-refractivity contribution >= 4 is 34.4 Å². The van der Waals surface area contributed by atoms with E-state index in [1.807, 2.05) is 0 Å². The van der Waals surface area contributed by atoms with Gasteiger partial charge in [-0.25, -0.2) is 4.79 Å². The molecule has 0 saturated carbocycles. The predicted molar refractivity (Wildman–Crippen MR) is 113 cm³/mol. The Hall–Kier alpha value is -3.94. The van der Waals surface area contributed by atoms with E-state index in [2.05, 4.69) is 16.0 Å². The molecule has 8 heteroatoms. The van der Waals surface area contributed by atoms with E-state index in [0.717, 1.165) is 0 Å². The molecule has 0 aliphatic carbocycles. The second-order valence-electron chi connectivity index (χ2n) is 6.48. The van der Waals surface area contributed by atoms with Crippen LogP contribution in [0.2, 0.25) is 0 Å². The van der Waals surface area contributed by atoms with Crippen LogP contribution in [0.4, 0.5) is 5.69 Å². The van der Waals surface area contributed by atoms with Crippen molar-refractivity contribution in [1.29, 1.82) is 0 Å². The van der Waals surface area contributed by atoms with Gasteiger partial charge in [0.15, 0.2) is 0 Å². The highest BCUT2D eigenvalue weighted by atomic mass is 16.4. The average molecular weight is 407 g/mol. The number of carbonyl (C=O) groups excluding carboxylic acids is 3. The molecule has 0 atom stereocenters. The van der Waals surface area contributed by atoms with E-state index in [0.29, 0.717) is 41.7 Å². The molecular weight excluding hydrogens is 386 g/mol. The second kappa shape index (κ2) is 9.51. The maximum absolute atomic E-state index is 12.5. The third kappa shape index (κ3) is 5.11. The number of amides is 3. The van der Waals surface area contributed by atoms with Gasteiger partial charge in [0.05, 0.1) is 0 Å². The van der Waals surface area contributed by atoms with Crippen molar-refractivity contribution in [2.24, 2.45) is 0 Å². The van der Waals surface area contributed by atoms with E-state index in [-0.39, 0.29) is 17.4 Å². The first kappa shape index (κ1) is 20.8. The Kier molecular flexibility index (Phi) is 6.59. The first-order valence-corrected chi connectivity index (χ1v) is 9.47. The molecule has 1 heterocycles. The van der Waals surface area contributed by atoms with Crippen LogP contribution in [0.25, 0.3) is 11.0 Å². The molecule has 0 unspecified atom stereocenters. The molecule has 154 valence electrons. The normalized spacial score (nSPS) is 10.4. The lowest BCUT2D eigenvalue weighted by Gasteiger charge is -2.08. The molecule has 0 saturated heterocycles. The van der Waals surface area contributed by atoms with Gasteiger partial charge in [-0.15, -0.1) is 0 Å². The van der Waals surface area contributed by atoms with Gasteiger partial charge < -0.3 is 20.4 Å². The molecule has 1 aromatic heterocycles. The summed E-state index contributed by atoms with van der Waals surface area (Å²) in [6.45, 7) is 2.41. The highest BCUT2D eigenvalue weighted by molar-refractivity contribution is 6.05. The Morgan fingerprint density at radius 1 is 0.900 bits per heavy atom. The molecular formula is C22H21N3O5. The topological polar surface area (TPSA) is 118 Å². The Morgan fingerprint density at radius 3 is 2.33 bits per heavy atom. The third-order valence-electron chi connectivity index (χ3n) is 4.34. The van der Waals surface area contributed by atoms with E-state index < -0.39 is 11.5 Å². The largest absolute Gasteiger partial charge is 0.422 e. The number of para-hydroxylation sites is 1. The first-order chi connectivity index (χ1) is 14.5. The number of benzene rings is 2. The molecule has 0 spiro atoms. The molecule has 3 aromatic rings. The van der Waals surface area contributed by atoms with Crippen molar-refractivity contribution in [1.82, 2.24) is 10.6 Å². The molecule has 0 bridgehead atoms. The van der Waals surface area contributed by atoms with Crippen LogP contribution in [0.3, 0.4) is 0 Å². The maximum atomic E-state index is 12.5. The van der Waals surface area contributed by atoms with Crippen LogP contribution in [0.15, 0.2) is 63.8 Å². The fraction of sp³-hybridized carbons (Fsp3) is 0.182. The molecule has 0 aliphatic heterocycles. The summed E-state index contributed by atoms with van der Waals surface area (Å²) in [5.74, 6) is -0.975. The number of fused-ring (bicyclic) bond motifs is 1.